The van der Waals surface area contributed by atoms with E-state index in [4.69, 9.17) is 5.73 Å². The summed E-state index contributed by atoms with van der Waals surface area (Å²) in [7, 11) is 0. The molecule has 2 amide bonds. The third-order valence-corrected chi connectivity index (χ3v) is 4.32. The van der Waals surface area contributed by atoms with E-state index in [0.717, 1.165) is 25.0 Å². The molecule has 0 saturated carbocycles. The second-order valence-electron chi connectivity index (χ2n) is 6.49. The maximum atomic E-state index is 13.1. The SMILES string of the molecule is CC(=O)Nc1cc(C(=O)N2CCCC(C(C)N)C2)cc(C(F)(F)F)c1. The number of hydrogen-bond acceptors (Lipinski definition) is 3. The molecule has 1 heterocycles. The maximum Gasteiger partial charge on any atom is 0.416 e. The van der Waals surface area contributed by atoms with Gasteiger partial charge in [0.2, 0.25) is 5.91 Å². The first-order valence-corrected chi connectivity index (χ1v) is 8.12. The summed E-state index contributed by atoms with van der Waals surface area (Å²) in [5.74, 6) is -0.867. The third-order valence-electron chi connectivity index (χ3n) is 4.32. The van der Waals surface area contributed by atoms with Crippen molar-refractivity contribution in [3.63, 3.8) is 0 Å². The normalized spacial score (nSPS) is 19.4. The lowest BCUT2D eigenvalue weighted by molar-refractivity contribution is -0.137. The number of benzene rings is 1. The first-order valence-electron chi connectivity index (χ1n) is 8.12. The summed E-state index contributed by atoms with van der Waals surface area (Å²) in [5, 5.41) is 2.31. The fourth-order valence-corrected chi connectivity index (χ4v) is 3.00. The molecule has 1 saturated heterocycles. The van der Waals surface area contributed by atoms with Crippen molar-refractivity contribution in [3.8, 4) is 0 Å². The Morgan fingerprint density at radius 2 is 2.00 bits per heavy atom. The van der Waals surface area contributed by atoms with Gasteiger partial charge in [-0.3, -0.25) is 9.59 Å². The molecule has 2 rings (SSSR count). The molecule has 5 nitrogen and oxygen atoms in total. The molecule has 0 radical (unpaired) electrons. The summed E-state index contributed by atoms with van der Waals surface area (Å²) >= 11 is 0. The third kappa shape index (κ3) is 4.94. The molecule has 0 aromatic heterocycles. The van der Waals surface area contributed by atoms with Crippen LogP contribution in [0.2, 0.25) is 0 Å². The highest BCUT2D eigenvalue weighted by atomic mass is 19.4. The number of anilines is 1. The Morgan fingerprint density at radius 1 is 1.32 bits per heavy atom. The smallest absolute Gasteiger partial charge is 0.338 e. The standard InChI is InChI=1S/C17H22F3N3O2/c1-10(21)12-4-3-5-23(9-12)16(25)13-6-14(17(18,19)20)8-15(7-13)22-11(2)24/h6-8,10,12H,3-5,9,21H2,1-2H3,(H,22,24). The zero-order valence-corrected chi connectivity index (χ0v) is 14.2. The number of nitrogens with one attached hydrogen (secondary N) is 1. The quantitative estimate of drug-likeness (QED) is 0.873. The van der Waals surface area contributed by atoms with E-state index >= 15 is 0 Å². The highest BCUT2D eigenvalue weighted by Gasteiger charge is 2.33. The number of nitrogens with two attached hydrogens (primary N) is 1. The Labute approximate surface area is 144 Å². The van der Waals surface area contributed by atoms with Gasteiger partial charge >= 0.3 is 6.18 Å². The highest BCUT2D eigenvalue weighted by molar-refractivity contribution is 5.97. The molecular formula is C17H22F3N3O2. The molecule has 1 fully saturated rings. The Kier molecular flexibility index (Phi) is 5.72. The van der Waals surface area contributed by atoms with Gasteiger partial charge in [-0.15, -0.1) is 0 Å². The van der Waals surface area contributed by atoms with Crippen LogP contribution in [0.15, 0.2) is 18.2 Å². The maximum absolute atomic E-state index is 13.1. The molecule has 0 aliphatic carbocycles. The van der Waals surface area contributed by atoms with Gasteiger partial charge in [0, 0.05) is 37.3 Å². The molecule has 0 spiro atoms. The minimum absolute atomic E-state index is 0.0496. The molecule has 1 aromatic carbocycles. The van der Waals surface area contributed by atoms with Crippen molar-refractivity contribution in [2.75, 3.05) is 18.4 Å². The Bertz CT molecular complexity index is 659. The molecule has 2 unspecified atom stereocenters. The van der Waals surface area contributed by atoms with E-state index in [0.29, 0.717) is 13.1 Å². The van der Waals surface area contributed by atoms with Crippen molar-refractivity contribution < 1.29 is 22.8 Å². The van der Waals surface area contributed by atoms with Gasteiger partial charge < -0.3 is 16.0 Å². The molecule has 138 valence electrons. The second-order valence-corrected chi connectivity index (χ2v) is 6.49. The van der Waals surface area contributed by atoms with Crippen LogP contribution in [-0.2, 0) is 11.0 Å². The monoisotopic (exact) mass is 357 g/mol. The van der Waals surface area contributed by atoms with Gasteiger partial charge in [0.25, 0.3) is 5.91 Å². The first-order chi connectivity index (χ1) is 11.6. The number of hydrogen-bond donors (Lipinski definition) is 2. The van der Waals surface area contributed by atoms with Gasteiger partial charge in [-0.05, 0) is 43.9 Å². The minimum Gasteiger partial charge on any atom is -0.338 e. The minimum atomic E-state index is -4.61. The van der Waals surface area contributed by atoms with Crippen LogP contribution < -0.4 is 11.1 Å². The van der Waals surface area contributed by atoms with Crippen LogP contribution in [0.5, 0.6) is 0 Å². The summed E-state index contributed by atoms with van der Waals surface area (Å²) in [6, 6.07) is 2.82. The van der Waals surface area contributed by atoms with Crippen LogP contribution in [0, 0.1) is 5.92 Å². The lowest BCUT2D eigenvalue weighted by atomic mass is 9.91. The molecule has 8 heteroatoms. The van der Waals surface area contributed by atoms with E-state index in [1.54, 1.807) is 0 Å². The predicted molar refractivity (Wildman–Crippen MR) is 88.0 cm³/mol. The number of piperidine rings is 1. The van der Waals surface area contributed by atoms with Gasteiger partial charge in [-0.1, -0.05) is 0 Å². The summed E-state index contributed by atoms with van der Waals surface area (Å²) in [5.41, 5.74) is 4.78. The Balaban J connectivity index is 2.32. The zero-order valence-electron chi connectivity index (χ0n) is 14.2. The van der Waals surface area contributed by atoms with Crippen molar-refractivity contribution >= 4 is 17.5 Å². The molecular weight excluding hydrogens is 335 g/mol. The predicted octanol–water partition coefficient (Wildman–Crippen LogP) is 2.86. The van der Waals surface area contributed by atoms with E-state index in [1.165, 1.54) is 17.9 Å². The van der Waals surface area contributed by atoms with Gasteiger partial charge in [0.15, 0.2) is 0 Å². The average Bonchev–Trinajstić information content (AvgIpc) is 2.52. The number of likely N-dealkylation sites (tertiary alicyclic amines) is 1. The van der Waals surface area contributed by atoms with E-state index in [2.05, 4.69) is 5.32 Å². The molecule has 1 aromatic rings. The van der Waals surface area contributed by atoms with Gasteiger partial charge in [-0.25, -0.2) is 0 Å². The first kappa shape index (κ1) is 19.2. The number of amides is 2. The van der Waals surface area contributed by atoms with E-state index in [-0.39, 0.29) is 23.2 Å². The molecule has 1 aliphatic rings. The summed E-state index contributed by atoms with van der Waals surface area (Å²) in [6.45, 7) is 3.95. The number of rotatable bonds is 3. The molecule has 1 aliphatic heterocycles. The fourth-order valence-electron chi connectivity index (χ4n) is 3.00. The largest absolute Gasteiger partial charge is 0.416 e. The summed E-state index contributed by atoms with van der Waals surface area (Å²) in [6.07, 6.45) is -2.96. The van der Waals surface area contributed by atoms with Crippen LogP contribution >= 0.6 is 0 Å². The number of nitrogens with zero attached hydrogens (tertiary/aromatic N) is 1. The van der Waals surface area contributed by atoms with Crippen molar-refractivity contribution in [2.24, 2.45) is 11.7 Å². The van der Waals surface area contributed by atoms with Crippen molar-refractivity contribution in [1.82, 2.24) is 4.90 Å². The van der Waals surface area contributed by atoms with Crippen molar-refractivity contribution in [1.29, 1.82) is 0 Å². The van der Waals surface area contributed by atoms with Crippen LogP contribution in [-0.4, -0.2) is 35.8 Å². The van der Waals surface area contributed by atoms with E-state index in [9.17, 15) is 22.8 Å². The highest BCUT2D eigenvalue weighted by Crippen LogP contribution is 2.32. The fraction of sp³-hybridized carbons (Fsp3) is 0.529. The number of halogens is 3. The molecule has 2 atom stereocenters. The Morgan fingerprint density at radius 3 is 2.56 bits per heavy atom. The van der Waals surface area contributed by atoms with E-state index in [1.807, 2.05) is 6.92 Å². The molecule has 0 bridgehead atoms. The number of alkyl halides is 3. The summed E-state index contributed by atoms with van der Waals surface area (Å²) < 4.78 is 39.3. The van der Waals surface area contributed by atoms with Crippen LogP contribution in [0.25, 0.3) is 0 Å². The molecule has 3 N–H and O–H groups in total. The van der Waals surface area contributed by atoms with Crippen LogP contribution in [0.4, 0.5) is 18.9 Å². The van der Waals surface area contributed by atoms with Crippen LogP contribution in [0.3, 0.4) is 0 Å². The lowest BCUT2D eigenvalue weighted by Crippen LogP contribution is -2.45. The van der Waals surface area contributed by atoms with Gasteiger partial charge in [0.1, 0.15) is 0 Å². The van der Waals surface area contributed by atoms with Crippen molar-refractivity contribution in [2.45, 2.75) is 38.9 Å². The van der Waals surface area contributed by atoms with E-state index < -0.39 is 23.6 Å². The van der Waals surface area contributed by atoms with Gasteiger partial charge in [-0.2, -0.15) is 13.2 Å². The molecule has 25 heavy (non-hydrogen) atoms. The zero-order chi connectivity index (χ0) is 18.8. The Hall–Kier alpha value is -2.09. The van der Waals surface area contributed by atoms with Crippen molar-refractivity contribution in [3.05, 3.63) is 29.3 Å². The average molecular weight is 357 g/mol. The summed E-state index contributed by atoms with van der Waals surface area (Å²) in [4.78, 5) is 25.4. The van der Waals surface area contributed by atoms with Crippen LogP contribution in [0.1, 0.15) is 42.6 Å². The lowest BCUT2D eigenvalue weighted by Gasteiger charge is -2.34. The number of carbonyl (C=O) groups is 2. The topological polar surface area (TPSA) is 75.4 Å². The number of carbonyl (C=O) groups excluding carboxylic acids is 2. The second kappa shape index (κ2) is 7.43. The van der Waals surface area contributed by atoms with Gasteiger partial charge in [0.05, 0.1) is 5.56 Å².